The van der Waals surface area contributed by atoms with E-state index in [-0.39, 0.29) is 0 Å². The Morgan fingerprint density at radius 2 is 1.88 bits per heavy atom. The lowest BCUT2D eigenvalue weighted by molar-refractivity contribution is 0.326. The van der Waals surface area contributed by atoms with Gasteiger partial charge in [-0.15, -0.1) is 0 Å². The van der Waals surface area contributed by atoms with E-state index in [2.05, 4.69) is 36.9 Å². The maximum absolute atomic E-state index is 4.84. The van der Waals surface area contributed by atoms with Gasteiger partial charge >= 0.3 is 0 Å². The van der Waals surface area contributed by atoms with Gasteiger partial charge in [-0.2, -0.15) is 0 Å². The molecule has 2 heterocycles. The fraction of sp³-hybridized carbons (Fsp3) is 0.667. The molecule has 0 spiro atoms. The molecule has 0 N–H and O–H groups in total. The van der Waals surface area contributed by atoms with E-state index in [1.165, 1.54) is 50.2 Å². The summed E-state index contributed by atoms with van der Waals surface area (Å²) in [4.78, 5) is 7.35. The topological polar surface area (TPSA) is 16.1 Å². The first-order valence-corrected chi connectivity index (χ1v) is 7.01. The summed E-state index contributed by atoms with van der Waals surface area (Å²) in [5, 5.41) is 0. The lowest BCUT2D eigenvalue weighted by Crippen LogP contribution is -2.19. The molecule has 1 fully saturated rings. The summed E-state index contributed by atoms with van der Waals surface area (Å²) >= 11 is 0. The highest BCUT2D eigenvalue weighted by Gasteiger charge is 2.14. The Hall–Kier alpha value is -0.890. The SMILES string of the molecule is CCC(CC)c1cccc(CN2CCCC2)n1. The molecule has 0 amide bonds. The lowest BCUT2D eigenvalue weighted by atomic mass is 9.99. The number of pyridine rings is 1. The summed E-state index contributed by atoms with van der Waals surface area (Å²) in [6, 6.07) is 6.53. The third-order valence-corrected chi connectivity index (χ3v) is 3.82. The van der Waals surface area contributed by atoms with Crippen LogP contribution in [0.25, 0.3) is 0 Å². The first kappa shape index (κ1) is 12.6. The molecule has 2 rings (SSSR count). The fourth-order valence-electron chi connectivity index (χ4n) is 2.69. The second kappa shape index (κ2) is 6.15. The van der Waals surface area contributed by atoms with Crippen LogP contribution >= 0.6 is 0 Å². The third-order valence-electron chi connectivity index (χ3n) is 3.82. The quantitative estimate of drug-likeness (QED) is 0.771. The van der Waals surface area contributed by atoms with Crippen LogP contribution in [0.5, 0.6) is 0 Å². The van der Waals surface area contributed by atoms with Crippen LogP contribution in [-0.2, 0) is 6.54 Å². The van der Waals surface area contributed by atoms with Gasteiger partial charge in [0, 0.05) is 18.2 Å². The van der Waals surface area contributed by atoms with Gasteiger partial charge in [0.05, 0.1) is 5.69 Å². The molecule has 1 aliphatic rings. The minimum Gasteiger partial charge on any atom is -0.298 e. The van der Waals surface area contributed by atoms with Crippen LogP contribution in [0.3, 0.4) is 0 Å². The van der Waals surface area contributed by atoms with Gasteiger partial charge in [0.15, 0.2) is 0 Å². The van der Waals surface area contributed by atoms with Crippen molar-refractivity contribution in [2.75, 3.05) is 13.1 Å². The van der Waals surface area contributed by atoms with Gasteiger partial charge in [-0.05, 0) is 50.9 Å². The number of rotatable bonds is 5. The zero-order valence-electron chi connectivity index (χ0n) is 11.2. The highest BCUT2D eigenvalue weighted by molar-refractivity contribution is 5.15. The third kappa shape index (κ3) is 3.29. The first-order chi connectivity index (χ1) is 8.33. The van der Waals surface area contributed by atoms with Crippen LogP contribution in [0.2, 0.25) is 0 Å². The monoisotopic (exact) mass is 232 g/mol. The molecular formula is C15H24N2. The summed E-state index contributed by atoms with van der Waals surface area (Å²) in [5.74, 6) is 0.633. The van der Waals surface area contributed by atoms with Crippen molar-refractivity contribution in [3.63, 3.8) is 0 Å². The largest absolute Gasteiger partial charge is 0.298 e. The molecule has 2 heteroatoms. The Balaban J connectivity index is 2.04. The van der Waals surface area contributed by atoms with E-state index in [1.807, 2.05) is 0 Å². The van der Waals surface area contributed by atoms with Crippen molar-refractivity contribution in [1.29, 1.82) is 0 Å². The smallest absolute Gasteiger partial charge is 0.0547 e. The van der Waals surface area contributed by atoms with Gasteiger partial charge in [0.2, 0.25) is 0 Å². The van der Waals surface area contributed by atoms with Crippen molar-refractivity contribution in [3.05, 3.63) is 29.6 Å². The lowest BCUT2D eigenvalue weighted by Gasteiger charge is -2.16. The Bertz CT molecular complexity index is 339. The highest BCUT2D eigenvalue weighted by atomic mass is 15.1. The maximum atomic E-state index is 4.84. The molecule has 0 aliphatic carbocycles. The molecule has 0 unspecified atom stereocenters. The Morgan fingerprint density at radius 1 is 1.18 bits per heavy atom. The number of hydrogen-bond acceptors (Lipinski definition) is 2. The van der Waals surface area contributed by atoms with Gasteiger partial charge in [-0.1, -0.05) is 19.9 Å². The number of hydrogen-bond donors (Lipinski definition) is 0. The van der Waals surface area contributed by atoms with Crippen LogP contribution < -0.4 is 0 Å². The predicted octanol–water partition coefficient (Wildman–Crippen LogP) is 3.58. The standard InChI is InChI=1S/C15H24N2/c1-3-13(4-2)15-9-7-8-14(16-15)12-17-10-5-6-11-17/h7-9,13H,3-6,10-12H2,1-2H3. The molecule has 1 aliphatic heterocycles. The van der Waals surface area contributed by atoms with E-state index in [1.54, 1.807) is 0 Å². The Morgan fingerprint density at radius 3 is 2.53 bits per heavy atom. The minimum atomic E-state index is 0.633. The van der Waals surface area contributed by atoms with Crippen molar-refractivity contribution < 1.29 is 0 Å². The predicted molar refractivity (Wildman–Crippen MR) is 72.1 cm³/mol. The van der Waals surface area contributed by atoms with Gasteiger partial charge in [0.1, 0.15) is 0 Å². The average molecular weight is 232 g/mol. The van der Waals surface area contributed by atoms with Gasteiger partial charge in [0.25, 0.3) is 0 Å². The van der Waals surface area contributed by atoms with Crippen molar-refractivity contribution in [2.45, 2.75) is 52.0 Å². The first-order valence-electron chi connectivity index (χ1n) is 7.01. The molecule has 0 saturated carbocycles. The fourth-order valence-corrected chi connectivity index (χ4v) is 2.69. The van der Waals surface area contributed by atoms with Gasteiger partial charge < -0.3 is 0 Å². The summed E-state index contributed by atoms with van der Waals surface area (Å²) in [6.45, 7) is 8.04. The number of likely N-dealkylation sites (tertiary alicyclic amines) is 1. The van der Waals surface area contributed by atoms with Crippen molar-refractivity contribution in [3.8, 4) is 0 Å². The number of nitrogens with zero attached hydrogens (tertiary/aromatic N) is 2. The molecular weight excluding hydrogens is 208 g/mol. The minimum absolute atomic E-state index is 0.633. The maximum Gasteiger partial charge on any atom is 0.0547 e. The summed E-state index contributed by atoms with van der Waals surface area (Å²) < 4.78 is 0. The second-order valence-electron chi connectivity index (χ2n) is 5.05. The molecule has 17 heavy (non-hydrogen) atoms. The van der Waals surface area contributed by atoms with Gasteiger partial charge in [-0.3, -0.25) is 9.88 Å². The molecule has 94 valence electrons. The summed E-state index contributed by atoms with van der Waals surface area (Å²) in [6.07, 6.45) is 5.09. The summed E-state index contributed by atoms with van der Waals surface area (Å²) in [5.41, 5.74) is 2.53. The van der Waals surface area contributed by atoms with E-state index in [0.29, 0.717) is 5.92 Å². The zero-order valence-corrected chi connectivity index (χ0v) is 11.2. The molecule has 0 aromatic carbocycles. The molecule has 0 bridgehead atoms. The zero-order chi connectivity index (χ0) is 12.1. The number of aromatic nitrogens is 1. The van der Waals surface area contributed by atoms with Crippen LogP contribution in [0.4, 0.5) is 0 Å². The van der Waals surface area contributed by atoms with Crippen LogP contribution in [0.15, 0.2) is 18.2 Å². The Labute approximate surface area is 105 Å². The second-order valence-corrected chi connectivity index (χ2v) is 5.05. The molecule has 1 aromatic rings. The highest BCUT2D eigenvalue weighted by Crippen LogP contribution is 2.21. The van der Waals surface area contributed by atoms with E-state index in [4.69, 9.17) is 4.98 Å². The summed E-state index contributed by atoms with van der Waals surface area (Å²) in [7, 11) is 0. The Kier molecular flexibility index (Phi) is 4.55. The van der Waals surface area contributed by atoms with Crippen LogP contribution in [0, 0.1) is 0 Å². The molecule has 1 saturated heterocycles. The van der Waals surface area contributed by atoms with Crippen molar-refractivity contribution in [1.82, 2.24) is 9.88 Å². The van der Waals surface area contributed by atoms with E-state index in [9.17, 15) is 0 Å². The van der Waals surface area contributed by atoms with E-state index < -0.39 is 0 Å². The van der Waals surface area contributed by atoms with Gasteiger partial charge in [-0.25, -0.2) is 0 Å². The van der Waals surface area contributed by atoms with Crippen molar-refractivity contribution in [2.24, 2.45) is 0 Å². The molecule has 0 radical (unpaired) electrons. The molecule has 0 atom stereocenters. The van der Waals surface area contributed by atoms with Crippen LogP contribution in [-0.4, -0.2) is 23.0 Å². The van der Waals surface area contributed by atoms with Crippen molar-refractivity contribution >= 4 is 0 Å². The van der Waals surface area contributed by atoms with Crippen LogP contribution in [0.1, 0.15) is 56.8 Å². The molecule has 2 nitrogen and oxygen atoms in total. The average Bonchev–Trinajstić information content (AvgIpc) is 2.84. The normalized spacial score (nSPS) is 16.9. The van der Waals surface area contributed by atoms with E-state index in [0.717, 1.165) is 6.54 Å². The molecule has 1 aromatic heterocycles. The van der Waals surface area contributed by atoms with E-state index >= 15 is 0 Å².